The summed E-state index contributed by atoms with van der Waals surface area (Å²) in [5.41, 5.74) is 1.68. The van der Waals surface area contributed by atoms with Gasteiger partial charge >= 0.3 is 0 Å². The lowest BCUT2D eigenvalue weighted by atomic mass is 9.61. The molecule has 156 valence electrons. The van der Waals surface area contributed by atoms with Crippen LogP contribution in [0.5, 0.6) is 5.75 Å². The molecular formula is C24H32N2O3. The molecule has 1 aromatic heterocycles. The van der Waals surface area contributed by atoms with E-state index in [1.165, 1.54) is 0 Å². The van der Waals surface area contributed by atoms with Crippen LogP contribution in [0.4, 0.5) is 0 Å². The first-order valence-electron chi connectivity index (χ1n) is 11.1. The number of nitrogens with one attached hydrogen (secondary N) is 1. The third kappa shape index (κ3) is 3.24. The van der Waals surface area contributed by atoms with Crippen LogP contribution in [0.2, 0.25) is 0 Å². The van der Waals surface area contributed by atoms with Gasteiger partial charge in [0.05, 0.1) is 11.7 Å². The molecule has 3 atom stereocenters. The zero-order valence-electron chi connectivity index (χ0n) is 17.6. The van der Waals surface area contributed by atoms with Crippen LogP contribution in [0, 0.1) is 5.92 Å². The molecular weight excluding hydrogens is 364 g/mol. The van der Waals surface area contributed by atoms with Crippen molar-refractivity contribution in [3.63, 3.8) is 0 Å². The number of hydrogen-bond acceptors (Lipinski definition) is 3. The summed E-state index contributed by atoms with van der Waals surface area (Å²) in [7, 11) is 0. The summed E-state index contributed by atoms with van der Waals surface area (Å²) in [6.07, 6.45) is 7.23. The molecule has 0 spiro atoms. The van der Waals surface area contributed by atoms with Gasteiger partial charge in [0.2, 0.25) is 5.91 Å². The Morgan fingerprint density at radius 2 is 1.97 bits per heavy atom. The molecule has 6 rings (SSSR count). The van der Waals surface area contributed by atoms with Crippen LogP contribution in [0.3, 0.4) is 0 Å². The quantitative estimate of drug-likeness (QED) is 0.789. The third-order valence-corrected chi connectivity index (χ3v) is 7.26. The Balaban J connectivity index is 1.37. The van der Waals surface area contributed by atoms with Gasteiger partial charge in [-0.3, -0.25) is 4.79 Å². The molecule has 4 fully saturated rings. The van der Waals surface area contributed by atoms with E-state index in [4.69, 9.17) is 4.74 Å². The second-order valence-electron chi connectivity index (χ2n) is 9.98. The lowest BCUT2D eigenvalue weighted by Crippen LogP contribution is -2.65. The molecule has 4 bridgehead atoms. The van der Waals surface area contributed by atoms with Gasteiger partial charge in [-0.15, -0.1) is 0 Å². The fourth-order valence-corrected chi connectivity index (χ4v) is 6.39. The van der Waals surface area contributed by atoms with Crippen LogP contribution in [0.1, 0.15) is 70.8 Å². The largest absolute Gasteiger partial charge is 0.490 e. The van der Waals surface area contributed by atoms with E-state index in [0.29, 0.717) is 12.3 Å². The zero-order valence-corrected chi connectivity index (χ0v) is 17.6. The molecule has 2 aliphatic heterocycles. The van der Waals surface area contributed by atoms with Crippen molar-refractivity contribution in [1.82, 2.24) is 9.88 Å². The van der Waals surface area contributed by atoms with Gasteiger partial charge in [0, 0.05) is 35.6 Å². The smallest absolute Gasteiger partial charge is 0.223 e. The van der Waals surface area contributed by atoms with Crippen LogP contribution in [-0.4, -0.2) is 44.7 Å². The van der Waals surface area contributed by atoms with E-state index in [2.05, 4.69) is 22.9 Å². The van der Waals surface area contributed by atoms with E-state index in [0.717, 1.165) is 54.3 Å². The molecule has 29 heavy (non-hydrogen) atoms. The number of amides is 1. The number of aromatic amines is 1. The van der Waals surface area contributed by atoms with E-state index in [9.17, 15) is 9.90 Å². The number of rotatable bonds is 5. The molecule has 2 aliphatic carbocycles. The van der Waals surface area contributed by atoms with Crippen molar-refractivity contribution < 1.29 is 14.6 Å². The van der Waals surface area contributed by atoms with Crippen molar-refractivity contribution in [2.45, 2.75) is 89.0 Å². The number of carbonyl (C=O) groups excluding carboxylic acids is 1. The zero-order chi connectivity index (χ0) is 20.3. The highest BCUT2D eigenvalue weighted by Gasteiger charge is 2.54. The summed E-state index contributed by atoms with van der Waals surface area (Å²) < 4.78 is 6.04. The molecule has 2 saturated heterocycles. The second kappa shape index (κ2) is 6.76. The van der Waals surface area contributed by atoms with E-state index >= 15 is 0 Å². The van der Waals surface area contributed by atoms with Crippen molar-refractivity contribution >= 4 is 16.8 Å². The fraction of sp³-hybridized carbons (Fsp3) is 0.625. The molecule has 1 amide bonds. The maximum atomic E-state index is 13.3. The summed E-state index contributed by atoms with van der Waals surface area (Å²) in [5, 5.41) is 11.9. The third-order valence-electron chi connectivity index (χ3n) is 7.26. The van der Waals surface area contributed by atoms with Gasteiger partial charge in [0.1, 0.15) is 5.75 Å². The Hall–Kier alpha value is -2.01. The summed E-state index contributed by atoms with van der Waals surface area (Å²) in [6.45, 7) is 6.20. The SMILES string of the molecule is CC(C)Oc1cccc2[nH]cc(C(C)CC(=O)N3C4CC5CC3CC(O)(C5)C4)c12. The minimum absolute atomic E-state index is 0.102. The van der Waals surface area contributed by atoms with Gasteiger partial charge in [-0.05, 0) is 75.5 Å². The number of aromatic nitrogens is 1. The minimum Gasteiger partial charge on any atom is -0.490 e. The van der Waals surface area contributed by atoms with Gasteiger partial charge in [0.15, 0.2) is 0 Å². The highest BCUT2D eigenvalue weighted by Crippen LogP contribution is 2.51. The summed E-state index contributed by atoms with van der Waals surface area (Å²) >= 11 is 0. The molecule has 5 heteroatoms. The van der Waals surface area contributed by atoms with Gasteiger partial charge < -0.3 is 19.7 Å². The van der Waals surface area contributed by atoms with Crippen LogP contribution in [0.25, 0.3) is 10.9 Å². The number of piperidine rings is 2. The summed E-state index contributed by atoms with van der Waals surface area (Å²) in [6, 6.07) is 6.53. The molecule has 2 saturated carbocycles. The Kier molecular flexibility index (Phi) is 4.43. The molecule has 5 nitrogen and oxygen atoms in total. The Morgan fingerprint density at radius 1 is 1.24 bits per heavy atom. The number of benzene rings is 1. The molecule has 3 unspecified atom stereocenters. The molecule has 4 aliphatic rings. The normalized spacial score (nSPS) is 31.6. The Morgan fingerprint density at radius 3 is 2.62 bits per heavy atom. The summed E-state index contributed by atoms with van der Waals surface area (Å²) in [4.78, 5) is 18.8. The highest BCUT2D eigenvalue weighted by atomic mass is 16.5. The molecule has 0 radical (unpaired) electrons. The van der Waals surface area contributed by atoms with Crippen molar-refractivity contribution in [3.05, 3.63) is 30.0 Å². The number of H-pyrrole nitrogens is 1. The van der Waals surface area contributed by atoms with Gasteiger partial charge in [-0.2, -0.15) is 0 Å². The number of aliphatic hydroxyl groups is 1. The molecule has 2 aromatic rings. The Bertz CT molecular complexity index is 917. The van der Waals surface area contributed by atoms with Crippen LogP contribution in [0.15, 0.2) is 24.4 Å². The number of carbonyl (C=O) groups is 1. The summed E-state index contributed by atoms with van der Waals surface area (Å²) in [5.74, 6) is 1.83. The highest BCUT2D eigenvalue weighted by molar-refractivity contribution is 5.90. The lowest BCUT2D eigenvalue weighted by Gasteiger charge is -2.59. The number of hydrogen-bond donors (Lipinski definition) is 2. The lowest BCUT2D eigenvalue weighted by molar-refractivity contribution is -0.174. The maximum Gasteiger partial charge on any atom is 0.223 e. The fourth-order valence-electron chi connectivity index (χ4n) is 6.39. The van der Waals surface area contributed by atoms with E-state index in [1.54, 1.807) is 0 Å². The van der Waals surface area contributed by atoms with E-state index in [-0.39, 0.29) is 30.0 Å². The topological polar surface area (TPSA) is 65.6 Å². The first-order chi connectivity index (χ1) is 13.8. The van der Waals surface area contributed by atoms with Crippen LogP contribution >= 0.6 is 0 Å². The average Bonchev–Trinajstić information content (AvgIpc) is 3.04. The van der Waals surface area contributed by atoms with Crippen LogP contribution in [-0.2, 0) is 4.79 Å². The first-order valence-corrected chi connectivity index (χ1v) is 11.1. The van der Waals surface area contributed by atoms with Crippen molar-refractivity contribution in [2.24, 2.45) is 5.92 Å². The monoisotopic (exact) mass is 396 g/mol. The Labute approximate surface area is 172 Å². The van der Waals surface area contributed by atoms with Crippen molar-refractivity contribution in [3.8, 4) is 5.75 Å². The molecule has 3 heterocycles. The first kappa shape index (κ1) is 19.0. The van der Waals surface area contributed by atoms with E-state index in [1.807, 2.05) is 32.2 Å². The number of nitrogens with zero attached hydrogens (tertiary/aromatic N) is 1. The predicted octanol–water partition coefficient (Wildman–Crippen LogP) is 4.35. The number of ether oxygens (including phenoxy) is 1. The predicted molar refractivity (Wildman–Crippen MR) is 113 cm³/mol. The van der Waals surface area contributed by atoms with E-state index < -0.39 is 5.60 Å². The maximum absolute atomic E-state index is 13.3. The van der Waals surface area contributed by atoms with Crippen LogP contribution < -0.4 is 4.74 Å². The minimum atomic E-state index is -0.515. The number of fused-ring (bicyclic) bond motifs is 1. The van der Waals surface area contributed by atoms with Gasteiger partial charge in [-0.25, -0.2) is 0 Å². The standard InChI is InChI=1S/C24H32N2O3/c1-14(2)29-21-6-4-5-20-23(21)19(13-25-20)15(3)7-22(27)26-17-8-16-9-18(26)12-24(28,10-16)11-17/h4-6,13-18,25,28H,7-12H2,1-3H3. The molecule has 2 N–H and O–H groups in total. The molecule has 1 aromatic carbocycles. The van der Waals surface area contributed by atoms with Gasteiger partial charge in [0.25, 0.3) is 0 Å². The second-order valence-corrected chi connectivity index (χ2v) is 9.98. The van der Waals surface area contributed by atoms with Gasteiger partial charge in [-0.1, -0.05) is 13.0 Å². The van der Waals surface area contributed by atoms with Crippen molar-refractivity contribution in [2.75, 3.05) is 0 Å². The van der Waals surface area contributed by atoms with Crippen molar-refractivity contribution in [1.29, 1.82) is 0 Å². The average molecular weight is 397 g/mol.